The highest BCUT2D eigenvalue weighted by Crippen LogP contribution is 2.31. The van der Waals surface area contributed by atoms with Gasteiger partial charge in [0.25, 0.3) is 10.0 Å². The summed E-state index contributed by atoms with van der Waals surface area (Å²) in [6.07, 6.45) is 6.85. The molecule has 1 aromatic heterocycles. The van der Waals surface area contributed by atoms with Crippen LogP contribution in [0, 0.1) is 0 Å². The molecule has 2 N–H and O–H groups in total. The standard InChI is InChI=1S/C20H32N4O6S/c1-23-10-20(21-13-23)31(27,28)24-9-15(25)11-29-12-18-17(24)7-6-16(30-18)8-19(26)22-14-4-2-3-5-14/h10,13-18,25H,2-9,11-12H2,1H3,(H,22,26)/t15-,16-,17-,18+/m1/s1. The summed E-state index contributed by atoms with van der Waals surface area (Å²) in [5.41, 5.74) is 0. The van der Waals surface area contributed by atoms with Crippen molar-refractivity contribution < 1.29 is 27.8 Å². The Morgan fingerprint density at radius 1 is 1.26 bits per heavy atom. The van der Waals surface area contributed by atoms with Gasteiger partial charge in [-0.1, -0.05) is 12.8 Å². The fourth-order valence-corrected chi connectivity index (χ4v) is 6.46. The fraction of sp³-hybridized carbons (Fsp3) is 0.800. The number of carbonyl (C=O) groups is 1. The van der Waals surface area contributed by atoms with Gasteiger partial charge in [-0.15, -0.1) is 0 Å². The maximum Gasteiger partial charge on any atom is 0.262 e. The van der Waals surface area contributed by atoms with Gasteiger partial charge in [0.1, 0.15) is 0 Å². The zero-order valence-corrected chi connectivity index (χ0v) is 18.7. The molecule has 4 rings (SSSR count). The summed E-state index contributed by atoms with van der Waals surface area (Å²) in [6, 6.07) is -0.231. The first-order chi connectivity index (χ1) is 14.8. The van der Waals surface area contributed by atoms with Gasteiger partial charge in [-0.3, -0.25) is 4.79 Å². The molecule has 0 unspecified atom stereocenters. The first-order valence-corrected chi connectivity index (χ1v) is 12.5. The number of carbonyl (C=O) groups excluding carboxylic acids is 1. The largest absolute Gasteiger partial charge is 0.389 e. The number of β-amino-alcohol motifs (C(OH)–C–C–N with tert-alkyl or cyclic N) is 1. The summed E-state index contributed by atoms with van der Waals surface area (Å²) in [5, 5.41) is 13.3. The van der Waals surface area contributed by atoms with E-state index in [9.17, 15) is 18.3 Å². The number of nitrogens with zero attached hydrogens (tertiary/aromatic N) is 3. The molecule has 3 fully saturated rings. The Kier molecular flexibility index (Phi) is 6.97. The van der Waals surface area contributed by atoms with Crippen LogP contribution in [0.5, 0.6) is 0 Å². The average Bonchev–Trinajstić information content (AvgIpc) is 3.37. The minimum absolute atomic E-state index is 0.0181. The van der Waals surface area contributed by atoms with E-state index < -0.39 is 28.3 Å². The van der Waals surface area contributed by atoms with E-state index in [-0.39, 0.29) is 49.3 Å². The third kappa shape index (κ3) is 5.28. The van der Waals surface area contributed by atoms with Crippen LogP contribution in [0.3, 0.4) is 0 Å². The summed E-state index contributed by atoms with van der Waals surface area (Å²) in [7, 11) is -2.21. The van der Waals surface area contributed by atoms with Crippen molar-refractivity contribution in [3.05, 3.63) is 12.5 Å². The van der Waals surface area contributed by atoms with E-state index in [1.54, 1.807) is 11.6 Å². The van der Waals surface area contributed by atoms with Gasteiger partial charge in [0.05, 0.1) is 50.3 Å². The van der Waals surface area contributed by atoms with Crippen molar-refractivity contribution in [1.82, 2.24) is 19.2 Å². The zero-order chi connectivity index (χ0) is 22.0. The number of aliphatic hydroxyl groups excluding tert-OH is 1. The number of amides is 1. The van der Waals surface area contributed by atoms with E-state index >= 15 is 0 Å². The van der Waals surface area contributed by atoms with Crippen LogP contribution in [0.1, 0.15) is 44.9 Å². The summed E-state index contributed by atoms with van der Waals surface area (Å²) >= 11 is 0. The number of hydrogen-bond acceptors (Lipinski definition) is 7. The summed E-state index contributed by atoms with van der Waals surface area (Å²) in [6.45, 7) is 0.0978. The number of ether oxygens (including phenoxy) is 2. The van der Waals surface area contributed by atoms with E-state index in [1.807, 2.05) is 0 Å². The lowest BCUT2D eigenvalue weighted by molar-refractivity contribution is -0.146. The van der Waals surface area contributed by atoms with Crippen molar-refractivity contribution >= 4 is 15.9 Å². The van der Waals surface area contributed by atoms with E-state index in [1.165, 1.54) is 16.8 Å². The molecule has 0 radical (unpaired) electrons. The van der Waals surface area contributed by atoms with Gasteiger partial charge in [0.15, 0.2) is 5.03 Å². The number of nitrogens with one attached hydrogen (secondary N) is 1. The number of aryl methyl sites for hydroxylation is 1. The van der Waals surface area contributed by atoms with Crippen LogP contribution in [0.2, 0.25) is 0 Å². The van der Waals surface area contributed by atoms with E-state index in [0.717, 1.165) is 25.7 Å². The fourth-order valence-electron chi connectivity index (χ4n) is 4.78. The van der Waals surface area contributed by atoms with Gasteiger partial charge in [-0.05, 0) is 25.7 Å². The van der Waals surface area contributed by atoms with E-state index in [2.05, 4.69) is 10.3 Å². The second-order valence-electron chi connectivity index (χ2n) is 8.84. The molecule has 174 valence electrons. The lowest BCUT2D eigenvalue weighted by Crippen LogP contribution is -2.57. The Morgan fingerprint density at radius 3 is 2.74 bits per heavy atom. The SMILES string of the molecule is Cn1cnc(S(=O)(=O)N2C[C@@H](O)COC[C@@H]3O[C@@H](CC(=O)NC4CCCC4)CC[C@H]32)c1. The molecule has 10 nitrogen and oxygen atoms in total. The highest BCUT2D eigenvalue weighted by molar-refractivity contribution is 7.89. The maximum absolute atomic E-state index is 13.3. The molecule has 1 aromatic rings. The van der Waals surface area contributed by atoms with Crippen LogP contribution >= 0.6 is 0 Å². The van der Waals surface area contributed by atoms with Crippen LogP contribution in [-0.4, -0.2) is 83.4 Å². The van der Waals surface area contributed by atoms with E-state index in [0.29, 0.717) is 12.8 Å². The quantitative estimate of drug-likeness (QED) is 0.647. The molecule has 2 saturated heterocycles. The predicted octanol–water partition coefficient (Wildman–Crippen LogP) is 0.167. The van der Waals surface area contributed by atoms with Crippen molar-refractivity contribution in [1.29, 1.82) is 0 Å². The Hall–Kier alpha value is -1.53. The first-order valence-electron chi connectivity index (χ1n) is 11.0. The first kappa shape index (κ1) is 22.7. The number of aliphatic hydroxyl groups is 1. The Balaban J connectivity index is 1.46. The van der Waals surface area contributed by atoms with Crippen molar-refractivity contribution in [3.8, 4) is 0 Å². The van der Waals surface area contributed by atoms with Gasteiger partial charge in [0.2, 0.25) is 5.91 Å². The van der Waals surface area contributed by atoms with Gasteiger partial charge in [-0.2, -0.15) is 4.31 Å². The van der Waals surface area contributed by atoms with Gasteiger partial charge < -0.3 is 24.5 Å². The van der Waals surface area contributed by atoms with Crippen molar-refractivity contribution in [2.24, 2.45) is 7.05 Å². The van der Waals surface area contributed by atoms with Crippen molar-refractivity contribution in [3.63, 3.8) is 0 Å². The average molecular weight is 457 g/mol. The normalized spacial score (nSPS) is 31.0. The predicted molar refractivity (Wildman–Crippen MR) is 111 cm³/mol. The molecule has 3 aliphatic rings. The number of rotatable bonds is 5. The lowest BCUT2D eigenvalue weighted by atomic mass is 9.96. The summed E-state index contributed by atoms with van der Waals surface area (Å²) in [5.74, 6) is -0.0181. The molecule has 11 heteroatoms. The number of sulfonamides is 1. The lowest BCUT2D eigenvalue weighted by Gasteiger charge is -2.43. The van der Waals surface area contributed by atoms with Crippen molar-refractivity contribution in [2.45, 2.75) is 80.4 Å². The molecule has 1 saturated carbocycles. The molecule has 31 heavy (non-hydrogen) atoms. The molecule has 1 aliphatic carbocycles. The van der Waals surface area contributed by atoms with Crippen LogP contribution in [0.15, 0.2) is 17.6 Å². The zero-order valence-electron chi connectivity index (χ0n) is 17.9. The second-order valence-corrected chi connectivity index (χ2v) is 10.7. The second kappa shape index (κ2) is 9.53. The van der Waals surface area contributed by atoms with Crippen molar-refractivity contribution in [2.75, 3.05) is 19.8 Å². The molecule has 0 aromatic carbocycles. The van der Waals surface area contributed by atoms with Gasteiger partial charge >= 0.3 is 0 Å². The Morgan fingerprint density at radius 2 is 2.03 bits per heavy atom. The van der Waals surface area contributed by atoms with Crippen LogP contribution in [0.4, 0.5) is 0 Å². The number of hydrogen-bond donors (Lipinski definition) is 2. The summed E-state index contributed by atoms with van der Waals surface area (Å²) < 4.78 is 41.2. The van der Waals surface area contributed by atoms with Gasteiger partial charge in [0, 0.05) is 25.8 Å². The molecule has 3 heterocycles. The highest BCUT2D eigenvalue weighted by atomic mass is 32.2. The van der Waals surface area contributed by atoms with E-state index in [4.69, 9.17) is 9.47 Å². The third-order valence-electron chi connectivity index (χ3n) is 6.32. The topological polar surface area (TPSA) is 123 Å². The summed E-state index contributed by atoms with van der Waals surface area (Å²) in [4.78, 5) is 16.4. The van der Waals surface area contributed by atoms with Crippen LogP contribution in [0.25, 0.3) is 0 Å². The highest BCUT2D eigenvalue weighted by Gasteiger charge is 2.44. The van der Waals surface area contributed by atoms with Crippen LogP contribution in [-0.2, 0) is 31.3 Å². The molecular formula is C20H32N4O6S. The number of fused-ring (bicyclic) bond motifs is 1. The Labute approximate surface area is 183 Å². The van der Waals surface area contributed by atoms with Gasteiger partial charge in [-0.25, -0.2) is 13.4 Å². The molecule has 0 spiro atoms. The number of imidazole rings is 1. The number of aromatic nitrogens is 2. The Bertz CT molecular complexity index is 869. The molecule has 2 aliphatic heterocycles. The monoisotopic (exact) mass is 456 g/mol. The molecule has 0 bridgehead atoms. The molecular weight excluding hydrogens is 424 g/mol. The third-order valence-corrected chi connectivity index (χ3v) is 8.10. The molecule has 4 atom stereocenters. The minimum Gasteiger partial charge on any atom is -0.389 e. The van der Waals surface area contributed by atoms with Crippen LogP contribution < -0.4 is 5.32 Å². The maximum atomic E-state index is 13.3. The minimum atomic E-state index is -3.91. The molecule has 1 amide bonds. The smallest absolute Gasteiger partial charge is 0.262 e.